The molecule has 0 saturated carbocycles. The molecule has 0 bridgehead atoms. The maximum atomic E-state index is 12.1. The van der Waals surface area contributed by atoms with Crippen LogP contribution in [0.5, 0.6) is 0 Å². The van der Waals surface area contributed by atoms with Crippen molar-refractivity contribution in [3.63, 3.8) is 0 Å². The molecule has 3 N–H and O–H groups in total. The third kappa shape index (κ3) is 4.09. The third-order valence-corrected chi connectivity index (χ3v) is 3.77. The van der Waals surface area contributed by atoms with Gasteiger partial charge in [0.2, 0.25) is 0 Å². The molecule has 3 atom stereocenters. The number of hydrogen-bond donors (Lipinski definition) is 3. The first-order valence-electron chi connectivity index (χ1n) is 6.92. The van der Waals surface area contributed by atoms with E-state index in [0.717, 1.165) is 19.3 Å². The average molecular weight is 272 g/mol. The molecule has 0 aromatic heterocycles. The summed E-state index contributed by atoms with van der Waals surface area (Å²) in [5, 5.41) is 20.9. The lowest BCUT2D eigenvalue weighted by molar-refractivity contribution is -0.139. The third-order valence-electron chi connectivity index (χ3n) is 3.77. The Bertz CT molecular complexity index is 322. The number of nitrogens with zero attached hydrogens (tertiary/aromatic N) is 1. The quantitative estimate of drug-likeness (QED) is 0.674. The largest absolute Gasteiger partial charge is 0.480 e. The zero-order valence-electron chi connectivity index (χ0n) is 11.6. The highest BCUT2D eigenvalue weighted by atomic mass is 16.4. The lowest BCUT2D eigenvalue weighted by Crippen LogP contribution is -2.50. The van der Waals surface area contributed by atoms with E-state index in [1.165, 1.54) is 0 Å². The predicted octanol–water partition coefficient (Wildman–Crippen LogP) is 1.04. The number of aliphatic hydroxyl groups is 1. The lowest BCUT2D eigenvalue weighted by atomic mass is 10.0. The Labute approximate surface area is 113 Å². The SMILES string of the molecule is CCCCC(NC(=O)N1CCC(C)C1CO)C(=O)O. The summed E-state index contributed by atoms with van der Waals surface area (Å²) < 4.78 is 0. The van der Waals surface area contributed by atoms with Crippen molar-refractivity contribution in [2.75, 3.05) is 13.2 Å². The van der Waals surface area contributed by atoms with Crippen LogP contribution in [0.1, 0.15) is 39.5 Å². The maximum absolute atomic E-state index is 12.1. The molecular formula is C13H24N2O4. The van der Waals surface area contributed by atoms with Gasteiger partial charge in [0.05, 0.1) is 12.6 Å². The Balaban J connectivity index is 2.59. The second kappa shape index (κ2) is 7.33. The van der Waals surface area contributed by atoms with Crippen molar-refractivity contribution in [3.05, 3.63) is 0 Å². The van der Waals surface area contributed by atoms with Gasteiger partial charge < -0.3 is 20.4 Å². The number of likely N-dealkylation sites (tertiary alicyclic amines) is 1. The monoisotopic (exact) mass is 272 g/mol. The molecular weight excluding hydrogens is 248 g/mol. The van der Waals surface area contributed by atoms with E-state index in [9.17, 15) is 14.7 Å². The maximum Gasteiger partial charge on any atom is 0.326 e. The highest BCUT2D eigenvalue weighted by molar-refractivity contribution is 5.82. The number of hydrogen-bond acceptors (Lipinski definition) is 3. The Kier molecular flexibility index (Phi) is 6.08. The van der Waals surface area contributed by atoms with Gasteiger partial charge in [0.25, 0.3) is 0 Å². The van der Waals surface area contributed by atoms with Gasteiger partial charge in [-0.1, -0.05) is 26.7 Å². The summed E-state index contributed by atoms with van der Waals surface area (Å²) in [6.45, 7) is 4.45. The van der Waals surface area contributed by atoms with Gasteiger partial charge >= 0.3 is 12.0 Å². The number of carboxylic acid groups (broad SMARTS) is 1. The molecule has 2 amide bonds. The van der Waals surface area contributed by atoms with Crippen molar-refractivity contribution in [3.8, 4) is 0 Å². The Morgan fingerprint density at radius 3 is 2.68 bits per heavy atom. The van der Waals surface area contributed by atoms with E-state index >= 15 is 0 Å². The van der Waals surface area contributed by atoms with E-state index < -0.39 is 12.0 Å². The summed E-state index contributed by atoms with van der Waals surface area (Å²) in [6.07, 6.45) is 2.92. The number of carbonyl (C=O) groups is 2. The van der Waals surface area contributed by atoms with Crippen LogP contribution in [0.15, 0.2) is 0 Å². The van der Waals surface area contributed by atoms with E-state index in [1.807, 2.05) is 13.8 Å². The number of nitrogens with one attached hydrogen (secondary N) is 1. The first-order chi connectivity index (χ1) is 9.01. The van der Waals surface area contributed by atoms with Crippen molar-refractivity contribution < 1.29 is 19.8 Å². The van der Waals surface area contributed by atoms with Gasteiger partial charge in [-0.15, -0.1) is 0 Å². The summed E-state index contributed by atoms with van der Waals surface area (Å²) in [7, 11) is 0. The van der Waals surface area contributed by atoms with Crippen LogP contribution >= 0.6 is 0 Å². The standard InChI is InChI=1S/C13H24N2O4/c1-3-4-5-10(12(17)18)14-13(19)15-7-6-9(2)11(15)8-16/h9-11,16H,3-8H2,1-2H3,(H,14,19)(H,17,18). The number of unbranched alkanes of at least 4 members (excludes halogenated alkanes) is 1. The van der Waals surface area contributed by atoms with Crippen LogP contribution in [0.2, 0.25) is 0 Å². The lowest BCUT2D eigenvalue weighted by Gasteiger charge is -2.27. The molecule has 1 rings (SSSR count). The van der Waals surface area contributed by atoms with Crippen LogP contribution in [-0.2, 0) is 4.79 Å². The second-order valence-electron chi connectivity index (χ2n) is 5.19. The van der Waals surface area contributed by atoms with Crippen LogP contribution in [0.3, 0.4) is 0 Å². The molecule has 3 unspecified atom stereocenters. The Morgan fingerprint density at radius 2 is 2.16 bits per heavy atom. The minimum atomic E-state index is -1.01. The van der Waals surface area contributed by atoms with Crippen molar-refractivity contribution in [2.24, 2.45) is 5.92 Å². The molecule has 1 aliphatic rings. The number of amides is 2. The number of rotatable bonds is 6. The zero-order valence-corrected chi connectivity index (χ0v) is 11.6. The summed E-state index contributed by atoms with van der Waals surface area (Å²) in [4.78, 5) is 24.7. The smallest absolute Gasteiger partial charge is 0.326 e. The fraction of sp³-hybridized carbons (Fsp3) is 0.846. The molecule has 110 valence electrons. The van der Waals surface area contributed by atoms with Crippen LogP contribution in [-0.4, -0.2) is 52.3 Å². The Morgan fingerprint density at radius 1 is 1.47 bits per heavy atom. The van der Waals surface area contributed by atoms with Crippen LogP contribution in [0, 0.1) is 5.92 Å². The predicted molar refractivity (Wildman–Crippen MR) is 70.8 cm³/mol. The van der Waals surface area contributed by atoms with Gasteiger partial charge in [0.15, 0.2) is 0 Å². The molecule has 1 aliphatic heterocycles. The van der Waals surface area contributed by atoms with Gasteiger partial charge in [-0.2, -0.15) is 0 Å². The minimum Gasteiger partial charge on any atom is -0.480 e. The molecule has 6 nitrogen and oxygen atoms in total. The molecule has 1 fully saturated rings. The molecule has 6 heteroatoms. The van der Waals surface area contributed by atoms with Crippen molar-refractivity contribution >= 4 is 12.0 Å². The van der Waals surface area contributed by atoms with Crippen LogP contribution in [0.25, 0.3) is 0 Å². The normalized spacial score (nSPS) is 24.3. The van der Waals surface area contributed by atoms with Crippen molar-refractivity contribution in [1.82, 2.24) is 10.2 Å². The molecule has 0 radical (unpaired) electrons. The molecule has 1 heterocycles. The molecule has 19 heavy (non-hydrogen) atoms. The molecule has 0 aromatic rings. The highest BCUT2D eigenvalue weighted by Gasteiger charge is 2.35. The van der Waals surface area contributed by atoms with E-state index in [-0.39, 0.29) is 24.6 Å². The first-order valence-corrected chi connectivity index (χ1v) is 6.92. The summed E-state index contributed by atoms with van der Waals surface area (Å²) in [6, 6.07) is -1.43. The molecule has 1 saturated heterocycles. The molecule has 0 aromatic carbocycles. The van der Waals surface area contributed by atoms with E-state index in [1.54, 1.807) is 4.90 Å². The van der Waals surface area contributed by atoms with Crippen molar-refractivity contribution in [1.29, 1.82) is 0 Å². The minimum absolute atomic E-state index is 0.0821. The highest BCUT2D eigenvalue weighted by Crippen LogP contribution is 2.23. The van der Waals surface area contributed by atoms with Gasteiger partial charge in [0, 0.05) is 6.54 Å². The fourth-order valence-corrected chi connectivity index (χ4v) is 2.44. The fourth-order valence-electron chi connectivity index (χ4n) is 2.44. The van der Waals surface area contributed by atoms with Gasteiger partial charge in [-0.3, -0.25) is 0 Å². The number of carbonyl (C=O) groups excluding carboxylic acids is 1. The van der Waals surface area contributed by atoms with E-state index in [4.69, 9.17) is 5.11 Å². The summed E-state index contributed by atoms with van der Waals surface area (Å²) in [5.74, 6) is -0.760. The second-order valence-corrected chi connectivity index (χ2v) is 5.19. The average Bonchev–Trinajstić information content (AvgIpc) is 2.74. The van der Waals surface area contributed by atoms with E-state index in [0.29, 0.717) is 13.0 Å². The van der Waals surface area contributed by atoms with E-state index in [2.05, 4.69) is 5.32 Å². The summed E-state index contributed by atoms with van der Waals surface area (Å²) in [5.41, 5.74) is 0. The van der Waals surface area contributed by atoms with Gasteiger partial charge in [-0.25, -0.2) is 9.59 Å². The number of carboxylic acids is 1. The van der Waals surface area contributed by atoms with Crippen LogP contribution in [0.4, 0.5) is 4.79 Å². The van der Waals surface area contributed by atoms with Gasteiger partial charge in [-0.05, 0) is 18.8 Å². The zero-order chi connectivity index (χ0) is 14.4. The van der Waals surface area contributed by atoms with Crippen LogP contribution < -0.4 is 5.32 Å². The number of aliphatic hydroxyl groups excluding tert-OH is 1. The first kappa shape index (κ1) is 15.8. The topological polar surface area (TPSA) is 89.9 Å². The molecule has 0 spiro atoms. The molecule has 0 aliphatic carbocycles. The van der Waals surface area contributed by atoms with Crippen molar-refractivity contribution in [2.45, 2.75) is 51.6 Å². The Hall–Kier alpha value is -1.30. The number of aliphatic carboxylic acids is 1. The van der Waals surface area contributed by atoms with Gasteiger partial charge in [0.1, 0.15) is 6.04 Å². The summed E-state index contributed by atoms with van der Waals surface area (Å²) >= 11 is 0. The number of urea groups is 1.